The monoisotopic (exact) mass is 335 g/mol. The lowest BCUT2D eigenvalue weighted by atomic mass is 9.97. The fourth-order valence-electron chi connectivity index (χ4n) is 3.27. The van der Waals surface area contributed by atoms with Gasteiger partial charge in [-0.15, -0.1) is 0 Å². The van der Waals surface area contributed by atoms with Crippen LogP contribution in [-0.4, -0.2) is 43.2 Å². The maximum atomic E-state index is 12.4. The van der Waals surface area contributed by atoms with Gasteiger partial charge in [-0.2, -0.15) is 0 Å². The minimum absolute atomic E-state index is 0.145. The van der Waals surface area contributed by atoms with E-state index in [4.69, 9.17) is 21.1 Å². The van der Waals surface area contributed by atoms with Gasteiger partial charge in [0, 0.05) is 13.0 Å². The summed E-state index contributed by atoms with van der Waals surface area (Å²) in [4.78, 5) is 14.4. The van der Waals surface area contributed by atoms with Crippen LogP contribution in [0, 0.1) is 0 Å². The Morgan fingerprint density at radius 3 is 3.00 bits per heavy atom. The zero-order valence-corrected chi connectivity index (χ0v) is 14.1. The van der Waals surface area contributed by atoms with E-state index < -0.39 is 0 Å². The Hall–Kier alpha value is -1.52. The van der Waals surface area contributed by atoms with Gasteiger partial charge < -0.3 is 14.4 Å². The Bertz CT molecular complexity index is 616. The first-order valence-electron chi connectivity index (χ1n) is 8.01. The molecule has 1 fully saturated rings. The van der Waals surface area contributed by atoms with E-state index in [1.54, 1.807) is 7.11 Å². The van der Waals surface area contributed by atoms with Crippen molar-refractivity contribution in [3.05, 3.63) is 40.9 Å². The summed E-state index contributed by atoms with van der Waals surface area (Å²) in [6.45, 7) is 2.15. The minimum Gasteiger partial charge on any atom is -0.495 e. The van der Waals surface area contributed by atoms with E-state index in [0.717, 1.165) is 24.9 Å². The Kier molecular flexibility index (Phi) is 4.93. The molecule has 1 saturated heterocycles. The summed E-state index contributed by atoms with van der Waals surface area (Å²) < 4.78 is 11.0. The second kappa shape index (κ2) is 6.93. The molecule has 1 unspecified atom stereocenters. The number of benzene rings is 1. The number of aryl methyl sites for hydroxylation is 1. The zero-order chi connectivity index (χ0) is 16.3. The number of carbonyl (C=O) groups is 1. The summed E-state index contributed by atoms with van der Waals surface area (Å²) in [6.07, 6.45) is 7.23. The number of likely N-dealkylation sites (tertiary alicyclic amines) is 1. The first-order valence-corrected chi connectivity index (χ1v) is 8.39. The molecule has 0 saturated carbocycles. The SMILES string of the molecule is COc1ccc(CCC(=O)N2CCC3(CC=CCO3)C2)cc1Cl. The molecule has 5 heteroatoms. The third kappa shape index (κ3) is 3.70. The number of rotatable bonds is 4. The average Bonchev–Trinajstić information content (AvgIpc) is 2.97. The second-order valence-corrected chi connectivity index (χ2v) is 6.61. The van der Waals surface area contributed by atoms with Crippen LogP contribution < -0.4 is 4.74 Å². The fraction of sp³-hybridized carbons (Fsp3) is 0.500. The lowest BCUT2D eigenvalue weighted by molar-refractivity contribution is -0.131. The lowest BCUT2D eigenvalue weighted by Crippen LogP contribution is -2.39. The van der Waals surface area contributed by atoms with Gasteiger partial charge in [-0.05, 0) is 37.0 Å². The highest BCUT2D eigenvalue weighted by molar-refractivity contribution is 6.32. The van der Waals surface area contributed by atoms with Crippen molar-refractivity contribution >= 4 is 17.5 Å². The van der Waals surface area contributed by atoms with E-state index in [-0.39, 0.29) is 11.5 Å². The summed E-state index contributed by atoms with van der Waals surface area (Å²) in [7, 11) is 1.59. The van der Waals surface area contributed by atoms with E-state index in [9.17, 15) is 4.79 Å². The molecule has 1 aromatic rings. The standard InChI is InChI=1S/C18H22ClNO3/c1-22-16-6-4-14(12-15(16)19)5-7-17(21)20-10-9-18(13-20)8-2-3-11-23-18/h2-4,6,12H,5,7-11,13H2,1H3. The van der Waals surface area contributed by atoms with Gasteiger partial charge in [-0.1, -0.05) is 29.8 Å². The number of methoxy groups -OCH3 is 1. The lowest BCUT2D eigenvalue weighted by Gasteiger charge is -2.30. The van der Waals surface area contributed by atoms with Crippen LogP contribution in [0.25, 0.3) is 0 Å². The number of ether oxygens (including phenoxy) is 2. The molecule has 4 nitrogen and oxygen atoms in total. The highest BCUT2D eigenvalue weighted by Crippen LogP contribution is 2.32. The maximum absolute atomic E-state index is 12.4. The smallest absolute Gasteiger partial charge is 0.223 e. The molecule has 0 aliphatic carbocycles. The Morgan fingerprint density at radius 2 is 2.30 bits per heavy atom. The summed E-state index contributed by atoms with van der Waals surface area (Å²) in [5, 5.41) is 0.583. The van der Waals surface area contributed by atoms with Crippen molar-refractivity contribution in [2.75, 3.05) is 26.8 Å². The Morgan fingerprint density at radius 1 is 1.43 bits per heavy atom. The van der Waals surface area contributed by atoms with Gasteiger partial charge in [0.15, 0.2) is 0 Å². The molecule has 124 valence electrons. The number of carbonyl (C=O) groups excluding carboxylic acids is 1. The van der Waals surface area contributed by atoms with Crippen LogP contribution in [-0.2, 0) is 16.0 Å². The topological polar surface area (TPSA) is 38.8 Å². The highest BCUT2D eigenvalue weighted by Gasteiger charge is 2.40. The number of hydrogen-bond acceptors (Lipinski definition) is 3. The van der Waals surface area contributed by atoms with Gasteiger partial charge in [-0.25, -0.2) is 0 Å². The molecule has 1 atom stereocenters. The predicted molar refractivity (Wildman–Crippen MR) is 90.0 cm³/mol. The van der Waals surface area contributed by atoms with E-state index in [0.29, 0.717) is 36.8 Å². The van der Waals surface area contributed by atoms with Crippen molar-refractivity contribution in [3.8, 4) is 5.75 Å². The molecular weight excluding hydrogens is 314 g/mol. The average molecular weight is 336 g/mol. The molecule has 1 aromatic carbocycles. The van der Waals surface area contributed by atoms with Crippen LogP contribution >= 0.6 is 11.6 Å². The van der Waals surface area contributed by atoms with Gasteiger partial charge in [0.1, 0.15) is 5.75 Å². The van der Waals surface area contributed by atoms with Crippen LogP contribution in [0.1, 0.15) is 24.8 Å². The van der Waals surface area contributed by atoms with Crippen LogP contribution in [0.2, 0.25) is 5.02 Å². The molecule has 2 heterocycles. The third-order valence-electron chi connectivity index (χ3n) is 4.66. The van der Waals surface area contributed by atoms with E-state index in [2.05, 4.69) is 6.08 Å². The maximum Gasteiger partial charge on any atom is 0.223 e. The molecule has 0 radical (unpaired) electrons. The highest BCUT2D eigenvalue weighted by atomic mass is 35.5. The molecule has 3 rings (SSSR count). The van der Waals surface area contributed by atoms with E-state index >= 15 is 0 Å². The minimum atomic E-state index is -0.145. The molecule has 1 spiro atoms. The third-order valence-corrected chi connectivity index (χ3v) is 4.95. The first kappa shape index (κ1) is 16.3. The van der Waals surface area contributed by atoms with Crippen LogP contribution in [0.15, 0.2) is 30.4 Å². The number of hydrogen-bond donors (Lipinski definition) is 0. The van der Waals surface area contributed by atoms with Gasteiger partial charge in [-0.3, -0.25) is 4.79 Å². The first-order chi connectivity index (χ1) is 11.1. The molecule has 23 heavy (non-hydrogen) atoms. The van der Waals surface area contributed by atoms with Crippen molar-refractivity contribution in [2.24, 2.45) is 0 Å². The number of halogens is 1. The molecular formula is C18H22ClNO3. The van der Waals surface area contributed by atoms with Gasteiger partial charge in [0.2, 0.25) is 5.91 Å². The molecule has 1 amide bonds. The van der Waals surface area contributed by atoms with Crippen molar-refractivity contribution in [1.29, 1.82) is 0 Å². The van der Waals surface area contributed by atoms with Crippen LogP contribution in [0.5, 0.6) is 5.75 Å². The molecule has 2 aliphatic rings. The molecule has 2 aliphatic heterocycles. The Balaban J connectivity index is 1.54. The normalized spacial score (nSPS) is 23.5. The predicted octanol–water partition coefficient (Wildman–Crippen LogP) is 3.23. The van der Waals surface area contributed by atoms with E-state index in [1.807, 2.05) is 29.2 Å². The quantitative estimate of drug-likeness (QED) is 0.793. The summed E-state index contributed by atoms with van der Waals surface area (Å²) in [6, 6.07) is 5.67. The van der Waals surface area contributed by atoms with Crippen molar-refractivity contribution < 1.29 is 14.3 Å². The zero-order valence-electron chi connectivity index (χ0n) is 13.4. The summed E-state index contributed by atoms with van der Waals surface area (Å²) >= 11 is 6.13. The van der Waals surface area contributed by atoms with Crippen molar-refractivity contribution in [3.63, 3.8) is 0 Å². The second-order valence-electron chi connectivity index (χ2n) is 6.20. The molecule has 0 N–H and O–H groups in total. The summed E-state index contributed by atoms with van der Waals surface area (Å²) in [5.41, 5.74) is 0.906. The van der Waals surface area contributed by atoms with Gasteiger partial charge in [0.05, 0.1) is 30.9 Å². The molecule has 0 bridgehead atoms. The van der Waals surface area contributed by atoms with Crippen molar-refractivity contribution in [2.45, 2.75) is 31.3 Å². The largest absolute Gasteiger partial charge is 0.495 e. The molecule has 0 aromatic heterocycles. The van der Waals surface area contributed by atoms with Crippen LogP contribution in [0.4, 0.5) is 0 Å². The fourth-order valence-corrected chi connectivity index (χ4v) is 3.55. The van der Waals surface area contributed by atoms with Crippen LogP contribution in [0.3, 0.4) is 0 Å². The summed E-state index contributed by atoms with van der Waals surface area (Å²) in [5.74, 6) is 0.845. The van der Waals surface area contributed by atoms with E-state index in [1.165, 1.54) is 0 Å². The number of amides is 1. The van der Waals surface area contributed by atoms with Gasteiger partial charge >= 0.3 is 0 Å². The Labute approximate surface area is 142 Å². The van der Waals surface area contributed by atoms with Gasteiger partial charge in [0.25, 0.3) is 0 Å². The van der Waals surface area contributed by atoms with Crippen molar-refractivity contribution in [1.82, 2.24) is 4.90 Å². The number of nitrogens with zero attached hydrogens (tertiary/aromatic N) is 1.